The number of carbonyl (C=O) groups is 1. The molecule has 7 nitrogen and oxygen atoms in total. The van der Waals surface area contributed by atoms with Gasteiger partial charge in [-0.25, -0.2) is 9.78 Å². The molecule has 2 heterocycles. The molecule has 5 rings (SSSR count). The Balaban J connectivity index is 1.32. The van der Waals surface area contributed by atoms with Crippen molar-refractivity contribution in [3.8, 4) is 22.1 Å². The van der Waals surface area contributed by atoms with Crippen molar-refractivity contribution < 1.29 is 32.9 Å². The number of rotatable bonds is 10. The summed E-state index contributed by atoms with van der Waals surface area (Å²) in [4.78, 5) is 22.7. The molecule has 3 aromatic carbocycles. The Kier molecular flexibility index (Phi) is 9.72. The molecule has 0 spiro atoms. The Morgan fingerprint density at radius 2 is 1.80 bits per heavy atom. The maximum atomic E-state index is 13.1. The van der Waals surface area contributed by atoms with Crippen LogP contribution in [0.1, 0.15) is 28.6 Å². The molecule has 1 unspecified atom stereocenters. The van der Waals surface area contributed by atoms with E-state index in [4.69, 9.17) is 14.8 Å². The molecule has 1 aromatic heterocycles. The van der Waals surface area contributed by atoms with Crippen LogP contribution in [0.5, 0.6) is 11.5 Å². The number of carboxylic acid groups (broad SMARTS) is 1. The van der Waals surface area contributed by atoms with Gasteiger partial charge in [0, 0.05) is 65.6 Å². The first-order valence-corrected chi connectivity index (χ1v) is 15.8. The van der Waals surface area contributed by atoms with Gasteiger partial charge in [0.1, 0.15) is 16.5 Å². The van der Waals surface area contributed by atoms with Crippen LogP contribution in [0.2, 0.25) is 0 Å². The Bertz CT molecular complexity index is 1600. The van der Waals surface area contributed by atoms with Crippen molar-refractivity contribution in [3.63, 3.8) is 0 Å². The summed E-state index contributed by atoms with van der Waals surface area (Å²) in [5.74, 6) is 0.321. The molecule has 44 heavy (non-hydrogen) atoms. The molecule has 1 aliphatic heterocycles. The van der Waals surface area contributed by atoms with Gasteiger partial charge < -0.3 is 19.8 Å². The lowest BCUT2D eigenvalue weighted by atomic mass is 10.1. The van der Waals surface area contributed by atoms with Crippen LogP contribution in [0, 0.1) is 6.92 Å². The topological polar surface area (TPSA) is 86.1 Å². The van der Waals surface area contributed by atoms with E-state index in [0.717, 1.165) is 65.0 Å². The predicted molar refractivity (Wildman–Crippen MR) is 167 cm³/mol. The third kappa shape index (κ3) is 7.85. The van der Waals surface area contributed by atoms with Gasteiger partial charge in [0.05, 0.1) is 11.3 Å². The number of halogens is 3. The Hall–Kier alpha value is -3.74. The Morgan fingerprint density at radius 3 is 2.43 bits per heavy atom. The third-order valence-electron chi connectivity index (χ3n) is 7.35. The average Bonchev–Trinajstić information content (AvgIpc) is 3.39. The molecule has 0 bridgehead atoms. The summed E-state index contributed by atoms with van der Waals surface area (Å²) in [6.45, 7) is 7.13. The number of anilines is 1. The number of thiazole rings is 1. The van der Waals surface area contributed by atoms with Gasteiger partial charge in [-0.2, -0.15) is 13.2 Å². The fourth-order valence-electron chi connectivity index (χ4n) is 4.84. The summed E-state index contributed by atoms with van der Waals surface area (Å²) >= 11 is 3.09. The van der Waals surface area contributed by atoms with E-state index in [9.17, 15) is 23.1 Å². The lowest BCUT2D eigenvalue weighted by Gasteiger charge is -2.36. The summed E-state index contributed by atoms with van der Waals surface area (Å²) in [6, 6.07) is 17.9. The second-order valence-corrected chi connectivity index (χ2v) is 12.7. The summed E-state index contributed by atoms with van der Waals surface area (Å²) in [5, 5.41) is 19.7. The van der Waals surface area contributed by atoms with Crippen LogP contribution in [0.4, 0.5) is 18.9 Å². The largest absolute Gasteiger partial charge is 0.508 e. The van der Waals surface area contributed by atoms with Crippen molar-refractivity contribution >= 4 is 34.8 Å². The van der Waals surface area contributed by atoms with E-state index in [-0.39, 0.29) is 5.75 Å². The highest BCUT2D eigenvalue weighted by Crippen LogP contribution is 2.37. The molecule has 0 radical (unpaired) electrons. The molecule has 1 aliphatic rings. The van der Waals surface area contributed by atoms with E-state index in [1.807, 2.05) is 31.2 Å². The van der Waals surface area contributed by atoms with Gasteiger partial charge in [-0.15, -0.1) is 23.1 Å². The van der Waals surface area contributed by atoms with Gasteiger partial charge in [-0.05, 0) is 61.9 Å². The van der Waals surface area contributed by atoms with E-state index in [1.54, 1.807) is 30.0 Å². The Morgan fingerprint density at radius 1 is 1.07 bits per heavy atom. The van der Waals surface area contributed by atoms with Crippen molar-refractivity contribution in [2.24, 2.45) is 0 Å². The van der Waals surface area contributed by atoms with Crippen molar-refractivity contribution in [2.75, 3.05) is 31.1 Å². The van der Waals surface area contributed by atoms with Crippen molar-refractivity contribution in [1.82, 2.24) is 9.88 Å². The van der Waals surface area contributed by atoms with E-state index in [1.165, 1.54) is 30.4 Å². The number of nitrogens with zero attached hydrogens (tertiary/aromatic N) is 3. The number of piperazine rings is 1. The lowest BCUT2D eigenvalue weighted by molar-refractivity contribution is -0.144. The zero-order valence-electron chi connectivity index (χ0n) is 24.2. The first kappa shape index (κ1) is 31.7. The SMILES string of the molecule is Cc1cc(SCc2sc(-c3ccc(C(F)(F)F)cc3)nc2CN2CCN(c3cccc(O)c3)CC2)ccc1OC(C)C(=O)O. The quantitative estimate of drug-likeness (QED) is 0.174. The van der Waals surface area contributed by atoms with Gasteiger partial charge in [-0.3, -0.25) is 4.90 Å². The number of phenols is 1. The molecule has 1 fully saturated rings. The van der Waals surface area contributed by atoms with Crippen LogP contribution < -0.4 is 9.64 Å². The lowest BCUT2D eigenvalue weighted by Crippen LogP contribution is -2.46. The minimum absolute atomic E-state index is 0.234. The van der Waals surface area contributed by atoms with Crippen molar-refractivity contribution in [1.29, 1.82) is 0 Å². The summed E-state index contributed by atoms with van der Waals surface area (Å²) in [6.07, 6.45) is -5.36. The van der Waals surface area contributed by atoms with Gasteiger partial charge in [0.15, 0.2) is 6.10 Å². The molecule has 4 aromatic rings. The van der Waals surface area contributed by atoms with Crippen LogP contribution in [-0.4, -0.2) is 58.3 Å². The fourth-order valence-corrected chi connectivity index (χ4v) is 7.02. The van der Waals surface area contributed by atoms with Crippen LogP contribution >= 0.6 is 23.1 Å². The number of aromatic nitrogens is 1. The van der Waals surface area contributed by atoms with E-state index in [2.05, 4.69) is 9.80 Å². The monoisotopic (exact) mass is 643 g/mol. The molecule has 2 N–H and O–H groups in total. The smallest absolute Gasteiger partial charge is 0.416 e. The zero-order valence-corrected chi connectivity index (χ0v) is 25.8. The number of thioether (sulfide) groups is 1. The maximum absolute atomic E-state index is 13.1. The highest BCUT2D eigenvalue weighted by atomic mass is 32.2. The summed E-state index contributed by atoms with van der Waals surface area (Å²) in [5.41, 5.74) is 2.64. The number of phenolic OH excluding ortho intramolecular Hbond substituents is 1. The number of alkyl halides is 3. The highest BCUT2D eigenvalue weighted by Gasteiger charge is 2.30. The molecular weight excluding hydrogens is 611 g/mol. The summed E-state index contributed by atoms with van der Waals surface area (Å²) in [7, 11) is 0. The molecule has 0 amide bonds. The molecule has 0 saturated carbocycles. The normalized spacial score (nSPS) is 14.9. The number of benzene rings is 3. The van der Waals surface area contributed by atoms with Gasteiger partial charge in [0.25, 0.3) is 0 Å². The number of hydrogen-bond acceptors (Lipinski definition) is 8. The van der Waals surface area contributed by atoms with Crippen LogP contribution in [0.15, 0.2) is 71.6 Å². The van der Waals surface area contributed by atoms with Crippen LogP contribution in [0.25, 0.3) is 10.6 Å². The number of aliphatic carboxylic acids is 1. The molecule has 12 heteroatoms. The molecular formula is C32H32F3N3O4S2. The van der Waals surface area contributed by atoms with E-state index in [0.29, 0.717) is 28.6 Å². The van der Waals surface area contributed by atoms with Gasteiger partial charge in [-0.1, -0.05) is 18.2 Å². The number of hydrogen-bond donors (Lipinski definition) is 2. The number of carboxylic acids is 1. The van der Waals surface area contributed by atoms with Gasteiger partial charge in [0.2, 0.25) is 0 Å². The minimum atomic E-state index is -4.40. The number of ether oxygens (including phenoxy) is 1. The minimum Gasteiger partial charge on any atom is -0.508 e. The number of aryl methyl sites for hydroxylation is 1. The summed E-state index contributed by atoms with van der Waals surface area (Å²) < 4.78 is 45.0. The van der Waals surface area contributed by atoms with Crippen molar-refractivity contribution in [3.05, 3.63) is 88.4 Å². The molecule has 0 aliphatic carbocycles. The Labute approximate surface area is 261 Å². The first-order chi connectivity index (χ1) is 21.0. The second-order valence-electron chi connectivity index (χ2n) is 10.6. The predicted octanol–water partition coefficient (Wildman–Crippen LogP) is 7.31. The van der Waals surface area contributed by atoms with Gasteiger partial charge >= 0.3 is 12.1 Å². The third-order valence-corrected chi connectivity index (χ3v) is 9.70. The van der Waals surface area contributed by atoms with E-state index >= 15 is 0 Å². The molecule has 232 valence electrons. The van der Waals surface area contributed by atoms with Crippen LogP contribution in [-0.2, 0) is 23.3 Å². The highest BCUT2D eigenvalue weighted by molar-refractivity contribution is 7.98. The molecule has 1 atom stereocenters. The van der Waals surface area contributed by atoms with E-state index < -0.39 is 23.8 Å². The second kappa shape index (κ2) is 13.5. The zero-order chi connectivity index (χ0) is 31.4. The van der Waals surface area contributed by atoms with Crippen LogP contribution in [0.3, 0.4) is 0 Å². The fraction of sp³-hybridized carbons (Fsp3) is 0.312. The van der Waals surface area contributed by atoms with Crippen molar-refractivity contribution in [2.45, 2.75) is 43.3 Å². The standard InChI is InChI=1S/C32H32F3N3O4S2/c1-20-16-26(10-11-28(20)42-21(2)31(40)41)43-19-29-27(36-30(44-29)22-6-8-23(9-7-22)32(33,34)35)18-37-12-14-38(15-13-37)24-4-3-5-25(39)17-24/h3-11,16-17,21,39H,12-15,18-19H2,1-2H3,(H,40,41). The first-order valence-electron chi connectivity index (χ1n) is 14.0. The number of aromatic hydroxyl groups is 1. The molecule has 1 saturated heterocycles. The maximum Gasteiger partial charge on any atom is 0.416 e. The average molecular weight is 644 g/mol.